The van der Waals surface area contributed by atoms with Gasteiger partial charge in [0.15, 0.2) is 0 Å². The number of carbonyl (C=O) groups excluding carboxylic acids is 1. The molecule has 170 valence electrons. The van der Waals surface area contributed by atoms with Crippen LogP contribution in [0.3, 0.4) is 0 Å². The number of carbonyl (C=O) groups is 1. The van der Waals surface area contributed by atoms with E-state index in [0.717, 1.165) is 17.3 Å². The van der Waals surface area contributed by atoms with Gasteiger partial charge in [0.05, 0.1) is 12.7 Å². The van der Waals surface area contributed by atoms with Gasteiger partial charge in [0.1, 0.15) is 17.9 Å². The zero-order valence-corrected chi connectivity index (χ0v) is 18.9. The van der Waals surface area contributed by atoms with Gasteiger partial charge in [-0.1, -0.05) is 50.2 Å². The molecule has 0 aliphatic carbocycles. The predicted molar refractivity (Wildman–Crippen MR) is 127 cm³/mol. The maximum atomic E-state index is 14.4. The summed E-state index contributed by atoms with van der Waals surface area (Å²) in [4.78, 5) is 28.4. The summed E-state index contributed by atoms with van der Waals surface area (Å²) in [6.07, 6.45) is 2.75. The Bertz CT molecular complexity index is 1400. The molecule has 2 aromatic heterocycles. The lowest BCUT2D eigenvalue weighted by Crippen LogP contribution is -2.45. The lowest BCUT2D eigenvalue weighted by atomic mass is 9.92. The summed E-state index contributed by atoms with van der Waals surface area (Å²) in [6.45, 7) is 5.81. The van der Waals surface area contributed by atoms with Crippen LogP contribution in [0.15, 0.2) is 59.5 Å². The van der Waals surface area contributed by atoms with E-state index in [9.17, 15) is 14.0 Å². The molecule has 6 nitrogen and oxygen atoms in total. The summed E-state index contributed by atoms with van der Waals surface area (Å²) in [7, 11) is 0. The number of benzene rings is 2. The average Bonchev–Trinajstić information content (AvgIpc) is 3.11. The van der Waals surface area contributed by atoms with Gasteiger partial charge in [0.2, 0.25) is 5.91 Å². The summed E-state index contributed by atoms with van der Waals surface area (Å²) in [5.74, 6) is 0.460. The maximum absolute atomic E-state index is 14.4. The molecule has 5 rings (SSSR count). The third kappa shape index (κ3) is 3.92. The Labute approximate surface area is 191 Å². The molecule has 33 heavy (non-hydrogen) atoms. The van der Waals surface area contributed by atoms with Gasteiger partial charge in [-0.05, 0) is 30.4 Å². The zero-order valence-electron chi connectivity index (χ0n) is 18.9. The second-order valence-electron chi connectivity index (χ2n) is 9.31. The van der Waals surface area contributed by atoms with Gasteiger partial charge in [-0.2, -0.15) is 5.10 Å². The molecule has 0 N–H and O–H groups in total. The Balaban J connectivity index is 1.58. The van der Waals surface area contributed by atoms with Crippen molar-refractivity contribution in [2.45, 2.75) is 33.4 Å². The van der Waals surface area contributed by atoms with Crippen molar-refractivity contribution < 1.29 is 9.18 Å². The highest BCUT2D eigenvalue weighted by atomic mass is 19.1. The molecular formula is C26H27FN4O2. The smallest absolute Gasteiger partial charge is 0.291 e. The van der Waals surface area contributed by atoms with E-state index < -0.39 is 0 Å². The van der Waals surface area contributed by atoms with Crippen LogP contribution in [0.5, 0.6) is 0 Å². The van der Waals surface area contributed by atoms with Crippen LogP contribution in [-0.4, -0.2) is 38.2 Å². The standard InChI is InChI=1S/C26H27FN4O2/c1-17-11-18(2)14-29(13-17)24(32)16-31-26(33)25-21(12-28-31)20-8-4-6-10-23(20)30(25)15-19-7-3-5-9-22(19)27/h3-10,12,17-18H,11,13-16H2,1-2H3/t17-,18-/m0/s1. The quantitative estimate of drug-likeness (QED) is 0.475. The Kier molecular flexibility index (Phi) is 5.48. The summed E-state index contributed by atoms with van der Waals surface area (Å²) in [6, 6.07) is 14.2. The molecule has 0 radical (unpaired) electrons. The van der Waals surface area contributed by atoms with Crippen LogP contribution in [0.1, 0.15) is 25.8 Å². The largest absolute Gasteiger partial charge is 0.341 e. The molecule has 3 heterocycles. The van der Waals surface area contributed by atoms with Crippen molar-refractivity contribution in [2.24, 2.45) is 11.8 Å². The minimum Gasteiger partial charge on any atom is -0.341 e. The number of rotatable bonds is 4. The zero-order chi connectivity index (χ0) is 23.1. The molecule has 1 aliphatic rings. The van der Waals surface area contributed by atoms with Crippen LogP contribution in [0, 0.1) is 17.7 Å². The van der Waals surface area contributed by atoms with Gasteiger partial charge in [0.25, 0.3) is 5.56 Å². The van der Waals surface area contributed by atoms with Crippen LogP contribution in [0.2, 0.25) is 0 Å². The van der Waals surface area contributed by atoms with Crippen molar-refractivity contribution in [1.29, 1.82) is 0 Å². The number of piperidine rings is 1. The van der Waals surface area contributed by atoms with E-state index in [-0.39, 0.29) is 30.4 Å². The van der Waals surface area contributed by atoms with Crippen molar-refractivity contribution in [3.8, 4) is 0 Å². The first-order valence-corrected chi connectivity index (χ1v) is 11.4. The fourth-order valence-electron chi connectivity index (χ4n) is 5.16. The Morgan fingerprint density at radius 2 is 1.73 bits per heavy atom. The molecule has 2 atom stereocenters. The maximum Gasteiger partial charge on any atom is 0.291 e. The highest BCUT2D eigenvalue weighted by Crippen LogP contribution is 2.27. The van der Waals surface area contributed by atoms with Crippen LogP contribution < -0.4 is 5.56 Å². The number of fused-ring (bicyclic) bond motifs is 3. The first-order chi connectivity index (χ1) is 15.9. The van der Waals surface area contributed by atoms with E-state index in [1.807, 2.05) is 33.7 Å². The van der Waals surface area contributed by atoms with Gasteiger partial charge in [0, 0.05) is 34.9 Å². The van der Waals surface area contributed by atoms with Crippen molar-refractivity contribution in [1.82, 2.24) is 19.2 Å². The number of halogens is 1. The molecule has 0 saturated carbocycles. The lowest BCUT2D eigenvalue weighted by Gasteiger charge is -2.35. The van der Waals surface area contributed by atoms with Gasteiger partial charge < -0.3 is 9.47 Å². The Hall–Kier alpha value is -3.48. The van der Waals surface area contributed by atoms with Crippen molar-refractivity contribution in [3.63, 3.8) is 0 Å². The Morgan fingerprint density at radius 1 is 1.03 bits per heavy atom. The van der Waals surface area contributed by atoms with Crippen molar-refractivity contribution >= 4 is 27.7 Å². The molecule has 2 aromatic carbocycles. The summed E-state index contributed by atoms with van der Waals surface area (Å²) in [5.41, 5.74) is 1.42. The lowest BCUT2D eigenvalue weighted by molar-refractivity contribution is -0.134. The van der Waals surface area contributed by atoms with E-state index >= 15 is 0 Å². The third-order valence-corrected chi connectivity index (χ3v) is 6.57. The molecule has 1 amide bonds. The molecule has 4 aromatic rings. The molecule has 0 bridgehead atoms. The molecule has 1 aliphatic heterocycles. The molecule has 1 saturated heterocycles. The van der Waals surface area contributed by atoms with E-state index in [4.69, 9.17) is 0 Å². The van der Waals surface area contributed by atoms with E-state index in [1.165, 1.54) is 10.7 Å². The Morgan fingerprint density at radius 3 is 2.48 bits per heavy atom. The SMILES string of the molecule is C[C@H]1C[C@H](C)CN(C(=O)Cn2ncc3c4ccccc4n(Cc4ccccc4F)c3c2=O)C1. The number of hydrogen-bond donors (Lipinski definition) is 0. The summed E-state index contributed by atoms with van der Waals surface area (Å²) in [5, 5.41) is 5.92. The minimum absolute atomic E-state index is 0.0980. The number of likely N-dealkylation sites (tertiary alicyclic amines) is 1. The van der Waals surface area contributed by atoms with Crippen LogP contribution in [0.25, 0.3) is 21.8 Å². The molecule has 0 spiro atoms. The first kappa shape index (κ1) is 21.4. The topological polar surface area (TPSA) is 60.1 Å². The van der Waals surface area contributed by atoms with E-state index in [2.05, 4.69) is 18.9 Å². The van der Waals surface area contributed by atoms with Crippen LogP contribution in [0.4, 0.5) is 4.39 Å². The van der Waals surface area contributed by atoms with Gasteiger partial charge in [-0.15, -0.1) is 0 Å². The van der Waals surface area contributed by atoms with Crippen LogP contribution in [-0.2, 0) is 17.9 Å². The van der Waals surface area contributed by atoms with Crippen LogP contribution >= 0.6 is 0 Å². The summed E-state index contributed by atoms with van der Waals surface area (Å²) >= 11 is 0. The minimum atomic E-state index is -0.341. The number of hydrogen-bond acceptors (Lipinski definition) is 3. The molecular weight excluding hydrogens is 419 g/mol. The number of para-hydroxylation sites is 1. The third-order valence-electron chi connectivity index (χ3n) is 6.57. The summed E-state index contributed by atoms with van der Waals surface area (Å²) < 4.78 is 17.5. The molecule has 7 heteroatoms. The van der Waals surface area contributed by atoms with Gasteiger partial charge in [-0.3, -0.25) is 9.59 Å². The average molecular weight is 447 g/mol. The predicted octanol–water partition coefficient (Wildman–Crippen LogP) is 4.04. The molecule has 0 unspecified atom stereocenters. The second-order valence-corrected chi connectivity index (χ2v) is 9.31. The van der Waals surface area contributed by atoms with Gasteiger partial charge in [-0.25, -0.2) is 9.07 Å². The fourth-order valence-corrected chi connectivity index (χ4v) is 5.16. The highest BCUT2D eigenvalue weighted by Gasteiger charge is 2.26. The number of nitrogens with zero attached hydrogens (tertiary/aromatic N) is 4. The number of aromatic nitrogens is 3. The number of amides is 1. The van der Waals surface area contributed by atoms with E-state index in [1.54, 1.807) is 24.4 Å². The second kappa shape index (κ2) is 8.46. The molecule has 1 fully saturated rings. The highest BCUT2D eigenvalue weighted by molar-refractivity contribution is 6.07. The van der Waals surface area contributed by atoms with E-state index in [0.29, 0.717) is 41.4 Å². The first-order valence-electron chi connectivity index (χ1n) is 11.4. The normalized spacial score (nSPS) is 18.8. The van der Waals surface area contributed by atoms with Crippen molar-refractivity contribution in [2.75, 3.05) is 13.1 Å². The monoisotopic (exact) mass is 446 g/mol. The van der Waals surface area contributed by atoms with Crippen molar-refractivity contribution in [3.05, 3.63) is 76.5 Å². The fraction of sp³-hybridized carbons (Fsp3) is 0.346. The van der Waals surface area contributed by atoms with Gasteiger partial charge >= 0.3 is 0 Å².